The summed E-state index contributed by atoms with van der Waals surface area (Å²) in [5, 5.41) is 2.88. The third kappa shape index (κ3) is 3.39. The Bertz CT molecular complexity index is 522. The molecule has 1 aliphatic heterocycles. The molecule has 1 heterocycles. The van der Waals surface area contributed by atoms with Gasteiger partial charge in [0, 0.05) is 14.1 Å². The zero-order chi connectivity index (χ0) is 13.9. The lowest BCUT2D eigenvalue weighted by Crippen LogP contribution is -2.38. The maximum Gasteiger partial charge on any atom is 0.235 e. The number of hydrogen-bond acceptors (Lipinski definition) is 4. The first kappa shape index (κ1) is 14.1. The molecule has 0 saturated carbocycles. The van der Waals surface area contributed by atoms with Crippen LogP contribution in [0.25, 0.3) is 0 Å². The van der Waals surface area contributed by atoms with Crippen molar-refractivity contribution in [2.45, 2.75) is 18.1 Å². The van der Waals surface area contributed by atoms with Gasteiger partial charge in [-0.1, -0.05) is 12.1 Å². The zero-order valence-electron chi connectivity index (χ0n) is 11.4. The molecule has 1 aromatic carbocycles. The van der Waals surface area contributed by atoms with Crippen LogP contribution in [0.15, 0.2) is 24.3 Å². The summed E-state index contributed by atoms with van der Waals surface area (Å²) in [7, 11) is 0.492. The number of hydrogen-bond donors (Lipinski definition) is 2. The Labute approximate surface area is 115 Å². The van der Waals surface area contributed by atoms with E-state index >= 15 is 0 Å². The molecule has 1 saturated heterocycles. The highest BCUT2D eigenvalue weighted by Gasteiger charge is 2.27. The summed E-state index contributed by atoms with van der Waals surface area (Å²) in [5.41, 5.74) is 1.52. The van der Waals surface area contributed by atoms with Gasteiger partial charge in [0.05, 0.1) is 16.6 Å². The Morgan fingerprint density at radius 2 is 1.84 bits per heavy atom. The van der Waals surface area contributed by atoms with E-state index in [0.717, 1.165) is 18.8 Å². The number of nitrogens with one attached hydrogen (secondary N) is 2. The molecular formula is C13H21N3O2S. The maximum absolute atomic E-state index is 12.4. The second-order valence-corrected chi connectivity index (χ2v) is 6.97. The molecule has 0 amide bonds. The average Bonchev–Trinajstić information content (AvgIpc) is 2.39. The molecule has 1 fully saturated rings. The lowest BCUT2D eigenvalue weighted by atomic mass is 10.2. The van der Waals surface area contributed by atoms with Crippen molar-refractivity contribution < 1.29 is 8.42 Å². The smallest absolute Gasteiger partial charge is 0.235 e. The minimum atomic E-state index is -3.31. The molecule has 2 N–H and O–H groups in total. The van der Waals surface area contributed by atoms with E-state index in [0.29, 0.717) is 18.5 Å². The van der Waals surface area contributed by atoms with Crippen LogP contribution in [0, 0.1) is 0 Å². The second kappa shape index (κ2) is 5.79. The highest BCUT2D eigenvalue weighted by molar-refractivity contribution is 7.93. The molecule has 0 spiro atoms. The van der Waals surface area contributed by atoms with Crippen LogP contribution in [0.4, 0.5) is 11.4 Å². The largest absolute Gasteiger partial charge is 0.376 e. The summed E-state index contributed by atoms with van der Waals surface area (Å²) in [6.45, 7) is 1.53. The van der Waals surface area contributed by atoms with E-state index in [4.69, 9.17) is 0 Å². The fourth-order valence-corrected chi connectivity index (χ4v) is 3.79. The predicted octanol–water partition coefficient (Wildman–Crippen LogP) is 1.25. The van der Waals surface area contributed by atoms with E-state index in [1.807, 2.05) is 37.2 Å². The number of piperidine rings is 1. The zero-order valence-corrected chi connectivity index (χ0v) is 12.2. The molecular weight excluding hydrogens is 262 g/mol. The van der Waals surface area contributed by atoms with Gasteiger partial charge in [0.1, 0.15) is 0 Å². The highest BCUT2D eigenvalue weighted by atomic mass is 32.2. The van der Waals surface area contributed by atoms with Crippen LogP contribution in [-0.4, -0.2) is 40.9 Å². The van der Waals surface area contributed by atoms with Gasteiger partial charge in [0.25, 0.3) is 0 Å². The SMILES string of the molecule is CN(C)c1ccccc1NS(=O)(=O)C1CCNCC1. The highest BCUT2D eigenvalue weighted by Crippen LogP contribution is 2.26. The van der Waals surface area contributed by atoms with Gasteiger partial charge in [0.15, 0.2) is 0 Å². The third-order valence-electron chi connectivity index (χ3n) is 3.36. The molecule has 0 bridgehead atoms. The third-order valence-corrected chi connectivity index (χ3v) is 5.22. The molecule has 5 nitrogen and oxygen atoms in total. The first-order valence-electron chi connectivity index (χ1n) is 6.49. The molecule has 6 heteroatoms. The fourth-order valence-electron chi connectivity index (χ4n) is 2.29. The number of rotatable bonds is 4. The van der Waals surface area contributed by atoms with Crippen LogP contribution in [0.1, 0.15) is 12.8 Å². The van der Waals surface area contributed by atoms with Crippen molar-refractivity contribution in [3.05, 3.63) is 24.3 Å². The van der Waals surface area contributed by atoms with E-state index in [1.165, 1.54) is 0 Å². The molecule has 0 aromatic heterocycles. The van der Waals surface area contributed by atoms with Crippen molar-refractivity contribution in [1.82, 2.24) is 5.32 Å². The van der Waals surface area contributed by atoms with Gasteiger partial charge >= 0.3 is 0 Å². The van der Waals surface area contributed by atoms with Crippen LogP contribution in [0.2, 0.25) is 0 Å². The van der Waals surface area contributed by atoms with Gasteiger partial charge in [-0.15, -0.1) is 0 Å². The van der Waals surface area contributed by atoms with Crippen molar-refractivity contribution in [3.63, 3.8) is 0 Å². The number of nitrogens with zero attached hydrogens (tertiary/aromatic N) is 1. The number of para-hydroxylation sites is 2. The van der Waals surface area contributed by atoms with Crippen LogP contribution in [-0.2, 0) is 10.0 Å². The Hall–Kier alpha value is -1.27. The molecule has 0 radical (unpaired) electrons. The molecule has 106 valence electrons. The van der Waals surface area contributed by atoms with E-state index in [1.54, 1.807) is 6.07 Å². The van der Waals surface area contributed by atoms with Crippen LogP contribution in [0.3, 0.4) is 0 Å². The standard InChI is InChI=1S/C13H21N3O2S/c1-16(2)13-6-4-3-5-12(13)15-19(17,18)11-7-9-14-10-8-11/h3-6,11,14-15H,7-10H2,1-2H3. The Morgan fingerprint density at radius 1 is 1.21 bits per heavy atom. The van der Waals surface area contributed by atoms with Crippen LogP contribution < -0.4 is 14.9 Å². The topological polar surface area (TPSA) is 61.4 Å². The number of anilines is 2. The van der Waals surface area contributed by atoms with Crippen LogP contribution >= 0.6 is 0 Å². The van der Waals surface area contributed by atoms with Crippen molar-refractivity contribution in [2.75, 3.05) is 36.8 Å². The van der Waals surface area contributed by atoms with Gasteiger partial charge in [0.2, 0.25) is 10.0 Å². The normalized spacial score (nSPS) is 17.2. The Balaban J connectivity index is 2.20. The van der Waals surface area contributed by atoms with Crippen molar-refractivity contribution in [3.8, 4) is 0 Å². The minimum Gasteiger partial charge on any atom is -0.376 e. The van der Waals surface area contributed by atoms with Gasteiger partial charge < -0.3 is 10.2 Å². The number of benzene rings is 1. The second-order valence-electron chi connectivity index (χ2n) is 5.01. The molecule has 1 aliphatic rings. The molecule has 0 unspecified atom stereocenters. The summed E-state index contributed by atoms with van der Waals surface area (Å²) in [6, 6.07) is 7.44. The van der Waals surface area contributed by atoms with Gasteiger partial charge in [-0.25, -0.2) is 8.42 Å². The van der Waals surface area contributed by atoms with E-state index in [-0.39, 0.29) is 5.25 Å². The Kier molecular flexibility index (Phi) is 4.31. The summed E-state index contributed by atoms with van der Waals surface area (Å²) < 4.78 is 27.5. The van der Waals surface area contributed by atoms with Crippen molar-refractivity contribution in [1.29, 1.82) is 0 Å². The molecule has 0 atom stereocenters. The Morgan fingerprint density at radius 3 is 2.47 bits per heavy atom. The maximum atomic E-state index is 12.4. The lowest BCUT2D eigenvalue weighted by Gasteiger charge is -2.25. The molecule has 0 aliphatic carbocycles. The van der Waals surface area contributed by atoms with Crippen LogP contribution in [0.5, 0.6) is 0 Å². The monoisotopic (exact) mass is 283 g/mol. The summed E-state index contributed by atoms with van der Waals surface area (Å²) in [5.74, 6) is 0. The quantitative estimate of drug-likeness (QED) is 0.873. The van der Waals surface area contributed by atoms with E-state index < -0.39 is 10.0 Å². The van der Waals surface area contributed by atoms with Crippen molar-refractivity contribution in [2.24, 2.45) is 0 Å². The number of sulfonamides is 1. The van der Waals surface area contributed by atoms with Crippen molar-refractivity contribution >= 4 is 21.4 Å². The fraction of sp³-hybridized carbons (Fsp3) is 0.538. The first-order valence-corrected chi connectivity index (χ1v) is 8.04. The molecule has 1 aromatic rings. The summed E-state index contributed by atoms with van der Waals surface area (Å²) in [6.07, 6.45) is 1.33. The summed E-state index contributed by atoms with van der Waals surface area (Å²) >= 11 is 0. The van der Waals surface area contributed by atoms with Gasteiger partial charge in [-0.3, -0.25) is 4.72 Å². The van der Waals surface area contributed by atoms with Gasteiger partial charge in [-0.05, 0) is 38.1 Å². The minimum absolute atomic E-state index is 0.302. The van der Waals surface area contributed by atoms with E-state index in [2.05, 4.69) is 10.0 Å². The molecule has 2 rings (SSSR count). The summed E-state index contributed by atoms with van der Waals surface area (Å²) in [4.78, 5) is 1.90. The van der Waals surface area contributed by atoms with E-state index in [9.17, 15) is 8.42 Å². The predicted molar refractivity (Wildman–Crippen MR) is 79.2 cm³/mol. The molecule has 19 heavy (non-hydrogen) atoms. The lowest BCUT2D eigenvalue weighted by molar-refractivity contribution is 0.499. The first-order chi connectivity index (χ1) is 9.00. The average molecular weight is 283 g/mol. The van der Waals surface area contributed by atoms with Gasteiger partial charge in [-0.2, -0.15) is 0 Å².